The second-order valence-electron chi connectivity index (χ2n) is 5.09. The lowest BCUT2D eigenvalue weighted by molar-refractivity contribution is -0.142. The Balaban J connectivity index is 2.66. The van der Waals surface area contributed by atoms with Crippen molar-refractivity contribution in [2.24, 2.45) is 5.18 Å². The number of nitroso groups, excluding NO2 is 1. The van der Waals surface area contributed by atoms with E-state index < -0.39 is 12.0 Å². The molecule has 126 valence electrons. The van der Waals surface area contributed by atoms with Gasteiger partial charge in [0.2, 0.25) is 5.28 Å². The van der Waals surface area contributed by atoms with Crippen molar-refractivity contribution in [1.82, 2.24) is 9.97 Å². The summed E-state index contributed by atoms with van der Waals surface area (Å²) >= 11 is 5.88. The summed E-state index contributed by atoms with van der Waals surface area (Å²) in [5.41, 5.74) is 1.71. The van der Waals surface area contributed by atoms with E-state index in [0.29, 0.717) is 12.1 Å². The van der Waals surface area contributed by atoms with Crippen LogP contribution in [0.2, 0.25) is 5.28 Å². The van der Waals surface area contributed by atoms with Crippen molar-refractivity contribution in [1.29, 1.82) is 0 Å². The maximum atomic E-state index is 12.2. The first-order chi connectivity index (χ1) is 11.5. The molecule has 0 radical (unpaired) electrons. The molecule has 1 aromatic heterocycles. The molecule has 7 nitrogen and oxygen atoms in total. The minimum Gasteiger partial charge on any atom is -0.467 e. The number of anilines is 2. The number of hydrogen-bond acceptors (Lipinski definition) is 7. The molecule has 2 rings (SSSR count). The molecule has 0 amide bonds. The Morgan fingerprint density at radius 1 is 1.38 bits per heavy atom. The molecule has 0 saturated carbocycles. The first-order valence-corrected chi connectivity index (χ1v) is 7.69. The first kappa shape index (κ1) is 17.8. The first-order valence-electron chi connectivity index (χ1n) is 7.31. The normalized spacial score (nSPS) is 11.7. The second-order valence-corrected chi connectivity index (χ2v) is 5.43. The molecular formula is C16H17ClN4O3. The van der Waals surface area contributed by atoms with E-state index >= 15 is 0 Å². The van der Waals surface area contributed by atoms with E-state index in [1.807, 2.05) is 38.1 Å². The number of ether oxygens (including phenoxy) is 1. The number of carbonyl (C=O) groups is 1. The zero-order valence-electron chi connectivity index (χ0n) is 13.6. The van der Waals surface area contributed by atoms with E-state index in [4.69, 9.17) is 16.3 Å². The number of aryl methyl sites for hydroxylation is 1. The predicted octanol–water partition coefficient (Wildman–Crippen LogP) is 3.93. The summed E-state index contributed by atoms with van der Waals surface area (Å²) in [6.45, 7) is 3.78. The Bertz CT molecular complexity index is 737. The summed E-state index contributed by atoms with van der Waals surface area (Å²) in [5.74, 6) is -0.296. The lowest BCUT2D eigenvalue weighted by atomic mass is 10.1. The van der Waals surface area contributed by atoms with Gasteiger partial charge in [0.15, 0.2) is 11.5 Å². The zero-order valence-corrected chi connectivity index (χ0v) is 14.3. The molecule has 0 spiro atoms. The molecule has 2 aromatic rings. The molecule has 1 aromatic carbocycles. The third-order valence-corrected chi connectivity index (χ3v) is 3.71. The van der Waals surface area contributed by atoms with Crippen molar-refractivity contribution >= 4 is 34.8 Å². The van der Waals surface area contributed by atoms with E-state index in [9.17, 15) is 9.70 Å². The highest BCUT2D eigenvalue weighted by Gasteiger charge is 2.30. The summed E-state index contributed by atoms with van der Waals surface area (Å²) in [7, 11) is 1.31. The van der Waals surface area contributed by atoms with Gasteiger partial charge < -0.3 is 9.64 Å². The van der Waals surface area contributed by atoms with Crippen LogP contribution in [0.1, 0.15) is 18.9 Å². The monoisotopic (exact) mass is 348 g/mol. The van der Waals surface area contributed by atoms with Gasteiger partial charge in [-0.15, -0.1) is 4.91 Å². The Morgan fingerprint density at radius 2 is 2.04 bits per heavy atom. The number of methoxy groups -OCH3 is 1. The number of esters is 1. The fourth-order valence-corrected chi connectivity index (χ4v) is 2.46. The van der Waals surface area contributed by atoms with Crippen molar-refractivity contribution in [2.75, 3.05) is 12.0 Å². The van der Waals surface area contributed by atoms with Gasteiger partial charge in [0, 0.05) is 5.69 Å². The van der Waals surface area contributed by atoms with Crippen molar-refractivity contribution in [2.45, 2.75) is 26.3 Å². The van der Waals surface area contributed by atoms with Crippen LogP contribution in [0.25, 0.3) is 0 Å². The number of nitrogens with zero attached hydrogens (tertiary/aromatic N) is 4. The average Bonchev–Trinajstić information content (AvgIpc) is 2.60. The molecule has 0 saturated heterocycles. The topological polar surface area (TPSA) is 84.8 Å². The SMILES string of the molecule is CCC(C(=O)OC)N(c1ccc(C)cc1)c1nc(Cl)ncc1N=O. The molecular weight excluding hydrogens is 332 g/mol. The molecule has 0 bridgehead atoms. The van der Waals surface area contributed by atoms with Crippen LogP contribution in [0, 0.1) is 11.8 Å². The molecule has 0 aliphatic heterocycles. The number of carbonyl (C=O) groups excluding carboxylic acids is 1. The van der Waals surface area contributed by atoms with Crippen molar-refractivity contribution in [3.63, 3.8) is 0 Å². The quantitative estimate of drug-likeness (QED) is 0.446. The molecule has 24 heavy (non-hydrogen) atoms. The van der Waals surface area contributed by atoms with Crippen LogP contribution >= 0.6 is 11.6 Å². The highest BCUT2D eigenvalue weighted by atomic mass is 35.5. The van der Waals surface area contributed by atoms with Gasteiger partial charge >= 0.3 is 5.97 Å². The Labute approximate surface area is 144 Å². The summed E-state index contributed by atoms with van der Waals surface area (Å²) in [6.07, 6.45) is 1.66. The van der Waals surface area contributed by atoms with E-state index in [-0.39, 0.29) is 16.8 Å². The van der Waals surface area contributed by atoms with Gasteiger partial charge in [-0.1, -0.05) is 24.6 Å². The molecule has 1 heterocycles. The number of rotatable bonds is 6. The minimum atomic E-state index is -0.691. The van der Waals surface area contributed by atoms with Crippen LogP contribution in [-0.4, -0.2) is 29.1 Å². The smallest absolute Gasteiger partial charge is 0.328 e. The van der Waals surface area contributed by atoms with Gasteiger partial charge in [-0.25, -0.2) is 9.78 Å². The summed E-state index contributed by atoms with van der Waals surface area (Å²) in [6, 6.07) is 6.74. The van der Waals surface area contributed by atoms with Crippen molar-refractivity contribution in [3.05, 3.63) is 46.2 Å². The Kier molecular flexibility index (Phi) is 5.81. The van der Waals surface area contributed by atoms with Crippen LogP contribution in [-0.2, 0) is 9.53 Å². The van der Waals surface area contributed by atoms with Gasteiger partial charge in [-0.3, -0.25) is 0 Å². The number of benzene rings is 1. The number of halogens is 1. The van der Waals surface area contributed by atoms with Crippen LogP contribution < -0.4 is 4.90 Å². The molecule has 0 aliphatic rings. The fraction of sp³-hybridized carbons (Fsp3) is 0.312. The van der Waals surface area contributed by atoms with Crippen molar-refractivity contribution < 1.29 is 9.53 Å². The molecule has 0 fully saturated rings. The van der Waals surface area contributed by atoms with Crippen LogP contribution in [0.5, 0.6) is 0 Å². The third-order valence-electron chi connectivity index (χ3n) is 3.53. The summed E-state index contributed by atoms with van der Waals surface area (Å²) in [4.78, 5) is 32.9. The Hall–Kier alpha value is -2.54. The molecule has 8 heteroatoms. The zero-order chi connectivity index (χ0) is 17.7. The third kappa shape index (κ3) is 3.68. The van der Waals surface area contributed by atoms with Gasteiger partial charge in [-0.05, 0) is 42.3 Å². The van der Waals surface area contributed by atoms with Crippen LogP contribution in [0.3, 0.4) is 0 Å². The van der Waals surface area contributed by atoms with E-state index in [0.717, 1.165) is 5.56 Å². The van der Waals surface area contributed by atoms with E-state index in [1.165, 1.54) is 13.3 Å². The van der Waals surface area contributed by atoms with Crippen LogP contribution in [0.4, 0.5) is 17.2 Å². The maximum Gasteiger partial charge on any atom is 0.328 e. The van der Waals surface area contributed by atoms with Crippen LogP contribution in [0.15, 0.2) is 35.6 Å². The highest BCUT2D eigenvalue weighted by molar-refractivity contribution is 6.28. The molecule has 0 N–H and O–H groups in total. The second kappa shape index (κ2) is 7.83. The van der Waals surface area contributed by atoms with Gasteiger partial charge in [-0.2, -0.15) is 4.98 Å². The maximum absolute atomic E-state index is 12.2. The minimum absolute atomic E-state index is 0.0117. The Morgan fingerprint density at radius 3 is 2.58 bits per heavy atom. The fourth-order valence-electron chi connectivity index (χ4n) is 2.33. The van der Waals surface area contributed by atoms with Gasteiger partial charge in [0.25, 0.3) is 0 Å². The lowest BCUT2D eigenvalue weighted by Crippen LogP contribution is -2.39. The predicted molar refractivity (Wildman–Crippen MR) is 91.9 cm³/mol. The number of aromatic nitrogens is 2. The lowest BCUT2D eigenvalue weighted by Gasteiger charge is -2.30. The highest BCUT2D eigenvalue weighted by Crippen LogP contribution is 2.35. The van der Waals surface area contributed by atoms with E-state index in [1.54, 1.807) is 4.90 Å². The summed E-state index contributed by atoms with van der Waals surface area (Å²) < 4.78 is 4.89. The largest absolute Gasteiger partial charge is 0.467 e. The summed E-state index contributed by atoms with van der Waals surface area (Å²) in [5, 5.41) is 2.90. The van der Waals surface area contributed by atoms with Gasteiger partial charge in [0.05, 0.1) is 13.3 Å². The van der Waals surface area contributed by atoms with Gasteiger partial charge in [0.1, 0.15) is 6.04 Å². The standard InChI is InChI=1S/C16H17ClN4O3/c1-4-13(15(22)24-3)21(11-7-5-10(2)6-8-11)14-12(20-23)9-18-16(17)19-14/h5-9,13H,4H2,1-3H3. The number of hydrogen-bond donors (Lipinski definition) is 0. The molecule has 0 aliphatic carbocycles. The molecule has 1 unspecified atom stereocenters. The van der Waals surface area contributed by atoms with E-state index in [2.05, 4.69) is 15.1 Å². The molecule has 1 atom stereocenters. The van der Waals surface area contributed by atoms with Crippen molar-refractivity contribution in [3.8, 4) is 0 Å². The average molecular weight is 349 g/mol.